The van der Waals surface area contributed by atoms with Gasteiger partial charge in [-0.15, -0.1) is 0 Å². The number of rotatable bonds is 5. The summed E-state index contributed by atoms with van der Waals surface area (Å²) in [4.78, 5) is 16.4. The highest BCUT2D eigenvalue weighted by Crippen LogP contribution is 2.27. The van der Waals surface area contributed by atoms with E-state index >= 15 is 0 Å². The summed E-state index contributed by atoms with van der Waals surface area (Å²) in [7, 11) is 0. The molecule has 1 aromatic heterocycles. The summed E-state index contributed by atoms with van der Waals surface area (Å²) in [5.41, 5.74) is 2.14. The molecule has 6 heteroatoms. The highest BCUT2D eigenvalue weighted by molar-refractivity contribution is 7.22. The molecule has 0 saturated carbocycles. The molecule has 0 bridgehead atoms. The molecule has 0 aliphatic rings. The van der Waals surface area contributed by atoms with Crippen LogP contribution in [0.3, 0.4) is 0 Å². The number of fused-ring (bicyclic) bond motifs is 1. The Morgan fingerprint density at radius 3 is 2.96 bits per heavy atom. The van der Waals surface area contributed by atoms with Crippen LogP contribution >= 0.6 is 22.9 Å². The van der Waals surface area contributed by atoms with Gasteiger partial charge >= 0.3 is 0 Å². The first-order chi connectivity index (χ1) is 11.1. The van der Waals surface area contributed by atoms with Gasteiger partial charge in [0.2, 0.25) is 0 Å². The topological polar surface area (TPSA) is 51.2 Å². The third-order valence-electron chi connectivity index (χ3n) is 3.27. The summed E-state index contributed by atoms with van der Waals surface area (Å²) in [6, 6.07) is 13.1. The summed E-state index contributed by atoms with van der Waals surface area (Å²) in [6.45, 7) is 2.02. The van der Waals surface area contributed by atoms with Gasteiger partial charge in [0.15, 0.2) is 11.7 Å². The lowest BCUT2D eigenvalue weighted by molar-refractivity contribution is -0.118. The molecule has 4 nitrogen and oxygen atoms in total. The van der Waals surface area contributed by atoms with Crippen molar-refractivity contribution in [1.29, 1.82) is 0 Å². The molecule has 0 saturated heterocycles. The van der Waals surface area contributed by atoms with Crippen molar-refractivity contribution in [3.63, 3.8) is 0 Å². The zero-order valence-corrected chi connectivity index (χ0v) is 14.1. The van der Waals surface area contributed by atoms with Crippen LogP contribution in [-0.2, 0) is 11.2 Å². The average molecular weight is 347 g/mol. The first kappa shape index (κ1) is 15.8. The van der Waals surface area contributed by atoms with Crippen LogP contribution in [0, 0.1) is 0 Å². The van der Waals surface area contributed by atoms with Crippen LogP contribution in [0.15, 0.2) is 42.5 Å². The molecule has 0 fully saturated rings. The second-order valence-corrected chi connectivity index (χ2v) is 6.44. The number of aromatic nitrogens is 1. The van der Waals surface area contributed by atoms with Crippen molar-refractivity contribution in [2.75, 3.05) is 11.9 Å². The van der Waals surface area contributed by atoms with Crippen LogP contribution < -0.4 is 10.1 Å². The van der Waals surface area contributed by atoms with Gasteiger partial charge < -0.3 is 4.74 Å². The van der Waals surface area contributed by atoms with E-state index in [0.29, 0.717) is 15.9 Å². The highest BCUT2D eigenvalue weighted by atomic mass is 35.5. The van der Waals surface area contributed by atoms with E-state index in [1.807, 2.05) is 6.07 Å². The summed E-state index contributed by atoms with van der Waals surface area (Å²) >= 11 is 7.33. The summed E-state index contributed by atoms with van der Waals surface area (Å²) in [6.07, 6.45) is 0.975. The fourth-order valence-electron chi connectivity index (χ4n) is 2.10. The molecular weight excluding hydrogens is 332 g/mol. The van der Waals surface area contributed by atoms with Crippen LogP contribution in [0.4, 0.5) is 5.13 Å². The molecule has 0 radical (unpaired) electrons. The quantitative estimate of drug-likeness (QED) is 0.738. The van der Waals surface area contributed by atoms with E-state index in [0.717, 1.165) is 16.6 Å². The Hall–Kier alpha value is -2.11. The lowest BCUT2D eigenvalue weighted by Crippen LogP contribution is -2.19. The summed E-state index contributed by atoms with van der Waals surface area (Å²) in [5, 5.41) is 3.91. The first-order valence-electron chi connectivity index (χ1n) is 7.21. The normalized spacial score (nSPS) is 10.7. The van der Waals surface area contributed by atoms with Gasteiger partial charge in [-0.3, -0.25) is 10.1 Å². The molecule has 0 aliphatic heterocycles. The van der Waals surface area contributed by atoms with Crippen LogP contribution in [0.25, 0.3) is 10.2 Å². The standard InChI is InChI=1S/C17H15ClN2O2S/c1-2-11-6-7-14-15(8-11)23-17(19-14)20-16(21)10-22-13-5-3-4-12(18)9-13/h3-9H,2,10H2,1H3,(H,19,20,21). The number of carbonyl (C=O) groups is 1. The molecule has 2 aromatic carbocycles. The molecule has 23 heavy (non-hydrogen) atoms. The van der Waals surface area contributed by atoms with Crippen LogP contribution in [0.5, 0.6) is 5.75 Å². The molecule has 0 unspecified atom stereocenters. The third-order valence-corrected chi connectivity index (χ3v) is 4.44. The number of carbonyl (C=O) groups excluding carboxylic acids is 1. The van der Waals surface area contributed by atoms with Crippen molar-refractivity contribution in [3.8, 4) is 5.75 Å². The number of anilines is 1. The Kier molecular flexibility index (Phi) is 4.79. The number of halogens is 1. The van der Waals surface area contributed by atoms with Crippen molar-refractivity contribution >= 4 is 44.2 Å². The maximum Gasteiger partial charge on any atom is 0.264 e. The molecule has 0 atom stereocenters. The van der Waals surface area contributed by atoms with Gasteiger partial charge in [-0.25, -0.2) is 4.98 Å². The number of hydrogen-bond donors (Lipinski definition) is 1. The van der Waals surface area contributed by atoms with Crippen molar-refractivity contribution in [3.05, 3.63) is 53.1 Å². The van der Waals surface area contributed by atoms with Gasteiger partial charge in [-0.05, 0) is 42.3 Å². The minimum absolute atomic E-state index is 0.0868. The lowest BCUT2D eigenvalue weighted by Gasteiger charge is -2.05. The Balaban J connectivity index is 1.63. The van der Waals surface area contributed by atoms with E-state index in [1.54, 1.807) is 24.3 Å². The SMILES string of the molecule is CCc1ccc2nc(NC(=O)COc3cccc(Cl)c3)sc2c1. The Labute approximate surface area is 143 Å². The fourth-order valence-corrected chi connectivity index (χ4v) is 3.23. The van der Waals surface area contributed by atoms with E-state index in [-0.39, 0.29) is 12.5 Å². The number of hydrogen-bond acceptors (Lipinski definition) is 4. The van der Waals surface area contributed by atoms with Gasteiger partial charge in [0.25, 0.3) is 5.91 Å². The molecule has 118 valence electrons. The van der Waals surface area contributed by atoms with Crippen molar-refractivity contribution in [1.82, 2.24) is 4.98 Å². The second kappa shape index (κ2) is 6.98. The number of nitrogens with zero attached hydrogens (tertiary/aromatic N) is 1. The maximum absolute atomic E-state index is 12.0. The van der Waals surface area contributed by atoms with Gasteiger partial charge in [0.05, 0.1) is 10.2 Å². The molecule has 1 heterocycles. The van der Waals surface area contributed by atoms with Crippen molar-refractivity contribution in [2.45, 2.75) is 13.3 Å². The predicted molar refractivity (Wildman–Crippen MR) is 94.6 cm³/mol. The first-order valence-corrected chi connectivity index (χ1v) is 8.41. The van der Waals surface area contributed by atoms with Crippen molar-refractivity contribution in [2.24, 2.45) is 0 Å². The minimum atomic E-state index is -0.250. The van der Waals surface area contributed by atoms with E-state index in [4.69, 9.17) is 16.3 Å². The summed E-state index contributed by atoms with van der Waals surface area (Å²) in [5.74, 6) is 0.310. The van der Waals surface area contributed by atoms with E-state index in [9.17, 15) is 4.79 Å². The zero-order valence-electron chi connectivity index (χ0n) is 12.5. The number of ether oxygens (including phenoxy) is 1. The third kappa shape index (κ3) is 4.00. The van der Waals surface area contributed by atoms with Crippen LogP contribution in [0.1, 0.15) is 12.5 Å². The summed E-state index contributed by atoms with van der Waals surface area (Å²) < 4.78 is 6.48. The van der Waals surface area contributed by atoms with Crippen LogP contribution in [-0.4, -0.2) is 17.5 Å². The highest BCUT2D eigenvalue weighted by Gasteiger charge is 2.09. The molecule has 0 spiro atoms. The molecular formula is C17H15ClN2O2S. The Morgan fingerprint density at radius 1 is 1.30 bits per heavy atom. The molecule has 0 aliphatic carbocycles. The Morgan fingerprint density at radius 2 is 2.17 bits per heavy atom. The zero-order chi connectivity index (χ0) is 16.2. The number of benzene rings is 2. The minimum Gasteiger partial charge on any atom is -0.484 e. The van der Waals surface area contributed by atoms with Gasteiger partial charge in [-0.2, -0.15) is 0 Å². The van der Waals surface area contributed by atoms with E-state index in [1.165, 1.54) is 16.9 Å². The number of nitrogens with one attached hydrogen (secondary N) is 1. The smallest absolute Gasteiger partial charge is 0.264 e. The van der Waals surface area contributed by atoms with Gasteiger partial charge in [-0.1, -0.05) is 42.0 Å². The van der Waals surface area contributed by atoms with E-state index in [2.05, 4.69) is 29.4 Å². The molecule has 1 N–H and O–H groups in total. The monoisotopic (exact) mass is 346 g/mol. The fraction of sp³-hybridized carbons (Fsp3) is 0.176. The molecule has 1 amide bonds. The van der Waals surface area contributed by atoms with E-state index < -0.39 is 0 Å². The van der Waals surface area contributed by atoms with Crippen molar-refractivity contribution < 1.29 is 9.53 Å². The van der Waals surface area contributed by atoms with Gasteiger partial charge in [0, 0.05) is 5.02 Å². The maximum atomic E-state index is 12.0. The second-order valence-electron chi connectivity index (χ2n) is 4.97. The Bertz CT molecular complexity index is 847. The van der Waals surface area contributed by atoms with Gasteiger partial charge in [0.1, 0.15) is 5.75 Å². The average Bonchev–Trinajstić information content (AvgIpc) is 2.94. The predicted octanol–water partition coefficient (Wildman–Crippen LogP) is 4.53. The molecule has 3 aromatic rings. The lowest BCUT2D eigenvalue weighted by atomic mass is 10.2. The number of amides is 1. The number of thiazole rings is 1. The number of aryl methyl sites for hydroxylation is 1. The largest absolute Gasteiger partial charge is 0.484 e. The van der Waals surface area contributed by atoms with Crippen LogP contribution in [0.2, 0.25) is 5.02 Å². The molecule has 3 rings (SSSR count).